The van der Waals surface area contributed by atoms with Crippen molar-refractivity contribution in [1.29, 1.82) is 5.26 Å². The fourth-order valence-electron chi connectivity index (χ4n) is 2.70. The number of hydrogen-bond acceptors (Lipinski definition) is 4. The van der Waals surface area contributed by atoms with E-state index in [0.29, 0.717) is 11.3 Å². The number of halogens is 3. The van der Waals surface area contributed by atoms with Crippen molar-refractivity contribution in [2.24, 2.45) is 0 Å². The van der Waals surface area contributed by atoms with Gasteiger partial charge in [-0.2, -0.15) is 23.5 Å². The molecule has 1 aliphatic heterocycles. The molecule has 1 aromatic carbocycles. The number of anilines is 1. The lowest BCUT2D eigenvalue weighted by atomic mass is 9.96. The number of nitrogens with one attached hydrogen (secondary N) is 1. The molecule has 1 aliphatic rings. The standard InChI is InChI=1S/C15H13F3N4O/c1-23-11-4-2-9(3-5-11)12-6-13(15(16,17)18)22-14(21-12)10(7-19)8-20-22/h2-5,8,12-13,21H,6H2,1H3/t12-,13-/m1/s1. The van der Waals surface area contributed by atoms with Gasteiger partial charge in [0, 0.05) is 6.42 Å². The van der Waals surface area contributed by atoms with E-state index in [9.17, 15) is 13.2 Å². The quantitative estimate of drug-likeness (QED) is 0.920. The number of benzene rings is 1. The number of hydrogen-bond donors (Lipinski definition) is 1. The first-order chi connectivity index (χ1) is 10.9. The van der Waals surface area contributed by atoms with Crippen LogP contribution in [0.4, 0.5) is 19.0 Å². The van der Waals surface area contributed by atoms with E-state index in [4.69, 9.17) is 10.00 Å². The molecule has 2 aromatic rings. The van der Waals surface area contributed by atoms with Crippen molar-refractivity contribution in [3.63, 3.8) is 0 Å². The molecule has 0 saturated heterocycles. The van der Waals surface area contributed by atoms with Crippen LogP contribution in [0.1, 0.15) is 29.6 Å². The third-order valence-corrected chi connectivity index (χ3v) is 3.88. The predicted molar refractivity (Wildman–Crippen MR) is 76.0 cm³/mol. The third-order valence-electron chi connectivity index (χ3n) is 3.88. The van der Waals surface area contributed by atoms with E-state index in [1.54, 1.807) is 24.3 Å². The Morgan fingerprint density at radius 1 is 1.35 bits per heavy atom. The van der Waals surface area contributed by atoms with Crippen LogP contribution < -0.4 is 10.1 Å². The van der Waals surface area contributed by atoms with E-state index in [1.807, 2.05) is 6.07 Å². The van der Waals surface area contributed by atoms with Gasteiger partial charge in [0.05, 0.1) is 19.3 Å². The van der Waals surface area contributed by atoms with Gasteiger partial charge in [-0.25, -0.2) is 4.68 Å². The molecule has 5 nitrogen and oxygen atoms in total. The highest BCUT2D eigenvalue weighted by atomic mass is 19.4. The zero-order valence-electron chi connectivity index (χ0n) is 12.1. The van der Waals surface area contributed by atoms with Crippen LogP contribution in [0.5, 0.6) is 5.75 Å². The second-order valence-corrected chi connectivity index (χ2v) is 5.23. The van der Waals surface area contributed by atoms with E-state index in [1.165, 1.54) is 7.11 Å². The summed E-state index contributed by atoms with van der Waals surface area (Å²) in [6.45, 7) is 0. The van der Waals surface area contributed by atoms with Crippen LogP contribution in [-0.4, -0.2) is 23.1 Å². The Balaban J connectivity index is 2.00. The molecule has 120 valence electrons. The summed E-state index contributed by atoms with van der Waals surface area (Å²) in [4.78, 5) is 0. The third kappa shape index (κ3) is 2.70. The van der Waals surface area contributed by atoms with Crippen molar-refractivity contribution in [3.05, 3.63) is 41.6 Å². The first-order valence-corrected chi connectivity index (χ1v) is 6.89. The lowest BCUT2D eigenvalue weighted by Crippen LogP contribution is -2.35. The van der Waals surface area contributed by atoms with Crippen LogP contribution in [0.15, 0.2) is 30.5 Å². The van der Waals surface area contributed by atoms with Gasteiger partial charge in [-0.3, -0.25) is 0 Å². The van der Waals surface area contributed by atoms with Gasteiger partial charge in [0.15, 0.2) is 6.04 Å². The maximum absolute atomic E-state index is 13.3. The number of alkyl halides is 3. The van der Waals surface area contributed by atoms with Gasteiger partial charge >= 0.3 is 6.18 Å². The van der Waals surface area contributed by atoms with Crippen molar-refractivity contribution in [3.8, 4) is 11.8 Å². The number of fused-ring (bicyclic) bond motifs is 1. The summed E-state index contributed by atoms with van der Waals surface area (Å²) in [5.74, 6) is 0.724. The zero-order chi connectivity index (χ0) is 16.6. The largest absolute Gasteiger partial charge is 0.497 e. The minimum absolute atomic E-state index is 0.0949. The van der Waals surface area contributed by atoms with Crippen molar-refractivity contribution in [2.75, 3.05) is 12.4 Å². The minimum Gasteiger partial charge on any atom is -0.497 e. The van der Waals surface area contributed by atoms with Gasteiger partial charge in [-0.05, 0) is 17.7 Å². The monoisotopic (exact) mass is 322 g/mol. The summed E-state index contributed by atoms with van der Waals surface area (Å²) >= 11 is 0. The second-order valence-electron chi connectivity index (χ2n) is 5.23. The fraction of sp³-hybridized carbons (Fsp3) is 0.333. The molecule has 2 heterocycles. The number of nitriles is 1. The van der Waals surface area contributed by atoms with Crippen LogP contribution in [0.2, 0.25) is 0 Å². The summed E-state index contributed by atoms with van der Waals surface area (Å²) in [5, 5.41) is 15.8. The number of methoxy groups -OCH3 is 1. The van der Waals surface area contributed by atoms with Crippen molar-refractivity contribution in [1.82, 2.24) is 9.78 Å². The number of aromatic nitrogens is 2. The SMILES string of the molecule is COc1ccc([C@H]2C[C@H](C(F)(F)F)n3ncc(C#N)c3N2)cc1. The summed E-state index contributed by atoms with van der Waals surface area (Å²) in [6, 6.07) is 6.33. The van der Waals surface area contributed by atoms with Gasteiger partial charge in [-0.15, -0.1) is 0 Å². The molecule has 3 rings (SSSR count). The molecular weight excluding hydrogens is 309 g/mol. The molecule has 0 spiro atoms. The Kier molecular flexibility index (Phi) is 3.64. The number of rotatable bonds is 2. The van der Waals surface area contributed by atoms with Crippen molar-refractivity contribution < 1.29 is 17.9 Å². The zero-order valence-corrected chi connectivity index (χ0v) is 12.1. The number of nitrogens with zero attached hydrogens (tertiary/aromatic N) is 3. The fourth-order valence-corrected chi connectivity index (χ4v) is 2.70. The Hall–Kier alpha value is -2.69. The summed E-state index contributed by atoms with van der Waals surface area (Å²) < 4.78 is 45.9. The van der Waals surface area contributed by atoms with E-state index < -0.39 is 18.3 Å². The van der Waals surface area contributed by atoms with Gasteiger partial charge in [-0.1, -0.05) is 12.1 Å². The molecule has 0 unspecified atom stereocenters. The van der Waals surface area contributed by atoms with Crippen molar-refractivity contribution >= 4 is 5.82 Å². The Morgan fingerprint density at radius 3 is 2.61 bits per heavy atom. The summed E-state index contributed by atoms with van der Waals surface area (Å²) in [7, 11) is 1.52. The predicted octanol–water partition coefficient (Wildman–Crippen LogP) is 3.42. The molecule has 23 heavy (non-hydrogen) atoms. The lowest BCUT2D eigenvalue weighted by molar-refractivity contribution is -0.173. The van der Waals surface area contributed by atoms with Crippen LogP contribution in [0.3, 0.4) is 0 Å². The van der Waals surface area contributed by atoms with E-state index in [2.05, 4.69) is 10.4 Å². The first kappa shape index (κ1) is 15.2. The van der Waals surface area contributed by atoms with Crippen LogP contribution in [-0.2, 0) is 0 Å². The smallest absolute Gasteiger partial charge is 0.410 e. The number of ether oxygens (including phenoxy) is 1. The minimum atomic E-state index is -4.44. The van der Waals surface area contributed by atoms with Crippen molar-refractivity contribution in [2.45, 2.75) is 24.7 Å². The maximum atomic E-state index is 13.3. The van der Waals surface area contributed by atoms with E-state index in [0.717, 1.165) is 10.9 Å². The van der Waals surface area contributed by atoms with Crippen LogP contribution >= 0.6 is 0 Å². The molecule has 0 aliphatic carbocycles. The second kappa shape index (κ2) is 5.50. The molecule has 0 bridgehead atoms. The highest BCUT2D eigenvalue weighted by molar-refractivity contribution is 5.54. The molecule has 1 N–H and O–H groups in total. The molecule has 0 amide bonds. The van der Waals surface area contributed by atoms with Crippen LogP contribution in [0.25, 0.3) is 0 Å². The summed E-state index contributed by atoms with van der Waals surface area (Å²) in [6.07, 6.45) is -3.49. The highest BCUT2D eigenvalue weighted by Crippen LogP contribution is 2.44. The van der Waals surface area contributed by atoms with E-state index in [-0.39, 0.29) is 17.8 Å². The molecule has 0 fully saturated rings. The average Bonchev–Trinajstić information content (AvgIpc) is 2.96. The molecule has 0 saturated carbocycles. The lowest BCUT2D eigenvalue weighted by Gasteiger charge is -2.33. The topological polar surface area (TPSA) is 62.9 Å². The molecule has 1 aromatic heterocycles. The Bertz CT molecular complexity index is 746. The normalized spacial score (nSPS) is 20.3. The van der Waals surface area contributed by atoms with Crippen LogP contribution in [0, 0.1) is 11.3 Å². The molecule has 2 atom stereocenters. The van der Waals surface area contributed by atoms with Gasteiger partial charge < -0.3 is 10.1 Å². The Labute approximate surface area is 130 Å². The van der Waals surface area contributed by atoms with Gasteiger partial charge in [0.1, 0.15) is 23.2 Å². The Morgan fingerprint density at radius 2 is 2.04 bits per heavy atom. The molecular formula is C15H13F3N4O. The highest BCUT2D eigenvalue weighted by Gasteiger charge is 2.46. The van der Waals surface area contributed by atoms with Gasteiger partial charge in [0.2, 0.25) is 0 Å². The average molecular weight is 322 g/mol. The van der Waals surface area contributed by atoms with E-state index >= 15 is 0 Å². The maximum Gasteiger partial charge on any atom is 0.410 e. The molecule has 8 heteroatoms. The molecule has 0 radical (unpaired) electrons. The summed E-state index contributed by atoms with van der Waals surface area (Å²) in [5.41, 5.74) is 0.786. The first-order valence-electron chi connectivity index (χ1n) is 6.89. The van der Waals surface area contributed by atoms with Gasteiger partial charge in [0.25, 0.3) is 0 Å².